The molecule has 1 aliphatic heterocycles. The van der Waals surface area contributed by atoms with Gasteiger partial charge in [0, 0.05) is 38.5 Å². The SMILES string of the molecule is CO[Si](C)(OC)O[Si](C)(C)O[Si](C)(C)O[Si](C)(C)O[Si](C)(C)CCCOC1CC(C)(C)N(C)C(C)(C)C1. The van der Waals surface area contributed by atoms with Crippen LogP contribution in [0.15, 0.2) is 0 Å². The van der Waals surface area contributed by atoms with Gasteiger partial charge in [-0.25, -0.2) is 0 Å². The lowest BCUT2D eigenvalue weighted by Crippen LogP contribution is -2.60. The fourth-order valence-corrected chi connectivity index (χ4v) is 27.9. The molecule has 0 saturated carbocycles. The third-order valence-electron chi connectivity index (χ3n) is 7.23. The van der Waals surface area contributed by atoms with Gasteiger partial charge in [0.2, 0.25) is 0 Å². The van der Waals surface area contributed by atoms with Gasteiger partial charge in [0.05, 0.1) is 6.10 Å². The van der Waals surface area contributed by atoms with E-state index >= 15 is 0 Å². The molecule has 0 aromatic rings. The zero-order valence-corrected chi connectivity index (χ0v) is 31.9. The van der Waals surface area contributed by atoms with E-state index in [2.05, 4.69) is 78.9 Å². The summed E-state index contributed by atoms with van der Waals surface area (Å²) in [4.78, 5) is 2.50. The largest absolute Gasteiger partial charge is 0.488 e. The summed E-state index contributed by atoms with van der Waals surface area (Å²) in [6.07, 6.45) is 3.45. The summed E-state index contributed by atoms with van der Waals surface area (Å²) in [5.74, 6) is 0. The second kappa shape index (κ2) is 12.7. The molecule has 0 aliphatic carbocycles. The first-order valence-electron chi connectivity index (χ1n) is 13.7. The third kappa shape index (κ3) is 12.0. The summed E-state index contributed by atoms with van der Waals surface area (Å²) in [5, 5.41) is 0. The summed E-state index contributed by atoms with van der Waals surface area (Å²) in [7, 11) is -6.64. The molecule has 0 amide bonds. The van der Waals surface area contributed by atoms with Crippen LogP contribution in [0.2, 0.25) is 65.0 Å². The van der Waals surface area contributed by atoms with Crippen molar-refractivity contribution in [1.29, 1.82) is 0 Å². The first kappa shape index (κ1) is 35.8. The third-order valence-corrected chi connectivity index (χ3v) is 25.8. The quantitative estimate of drug-likeness (QED) is 0.158. The smallest absolute Gasteiger partial charge is 0.436 e. The van der Waals surface area contributed by atoms with E-state index in [9.17, 15) is 0 Å². The molecular formula is C24H59NO7Si5. The van der Waals surface area contributed by atoms with Crippen LogP contribution in [0.25, 0.3) is 0 Å². The van der Waals surface area contributed by atoms with Gasteiger partial charge >= 0.3 is 34.5 Å². The molecule has 0 aromatic carbocycles. The molecule has 8 nitrogen and oxygen atoms in total. The second-order valence-electron chi connectivity index (χ2n) is 13.8. The molecule has 222 valence electrons. The van der Waals surface area contributed by atoms with E-state index in [0.717, 1.165) is 31.9 Å². The highest BCUT2D eigenvalue weighted by Crippen LogP contribution is 2.38. The van der Waals surface area contributed by atoms with E-state index in [4.69, 9.17) is 30.0 Å². The maximum absolute atomic E-state index is 6.77. The van der Waals surface area contributed by atoms with Gasteiger partial charge in [-0.1, -0.05) is 0 Å². The van der Waals surface area contributed by atoms with Crippen molar-refractivity contribution in [3.05, 3.63) is 0 Å². The van der Waals surface area contributed by atoms with Crippen LogP contribution < -0.4 is 0 Å². The fourth-order valence-electron chi connectivity index (χ4n) is 5.72. The van der Waals surface area contributed by atoms with Gasteiger partial charge in [0.15, 0.2) is 8.32 Å². The van der Waals surface area contributed by atoms with E-state index in [1.165, 1.54) is 0 Å². The highest BCUT2D eigenvalue weighted by molar-refractivity contribution is 6.89. The summed E-state index contributed by atoms with van der Waals surface area (Å²) >= 11 is 0. The van der Waals surface area contributed by atoms with Crippen molar-refractivity contribution >= 4 is 42.8 Å². The van der Waals surface area contributed by atoms with Crippen LogP contribution in [0.5, 0.6) is 0 Å². The van der Waals surface area contributed by atoms with Crippen LogP contribution in [0.1, 0.15) is 47.0 Å². The second-order valence-corrected chi connectivity index (χ2v) is 32.1. The van der Waals surface area contributed by atoms with Crippen molar-refractivity contribution in [2.45, 2.75) is 129 Å². The summed E-state index contributed by atoms with van der Waals surface area (Å²) < 4.78 is 43.7. The predicted molar refractivity (Wildman–Crippen MR) is 164 cm³/mol. The van der Waals surface area contributed by atoms with Gasteiger partial charge in [-0.15, -0.1) is 0 Å². The monoisotopic (exact) mass is 613 g/mol. The Morgan fingerprint density at radius 3 is 1.51 bits per heavy atom. The number of ether oxygens (including phenoxy) is 1. The Hall–Kier alpha value is 0.764. The highest BCUT2D eigenvalue weighted by Gasteiger charge is 2.48. The van der Waals surface area contributed by atoms with E-state index < -0.39 is 42.8 Å². The lowest BCUT2D eigenvalue weighted by atomic mass is 9.79. The Balaban J connectivity index is 2.62. The topological polar surface area (TPSA) is 67.9 Å². The minimum Gasteiger partial charge on any atom is -0.436 e. The number of rotatable bonds is 15. The fraction of sp³-hybridized carbons (Fsp3) is 1.00. The Kier molecular flexibility index (Phi) is 12.3. The van der Waals surface area contributed by atoms with E-state index in [1.807, 2.05) is 19.6 Å². The number of hydrogen-bond acceptors (Lipinski definition) is 8. The normalized spacial score (nSPS) is 20.4. The molecule has 0 N–H and O–H groups in total. The van der Waals surface area contributed by atoms with Crippen molar-refractivity contribution in [2.24, 2.45) is 0 Å². The lowest BCUT2D eigenvalue weighted by Gasteiger charge is -2.53. The van der Waals surface area contributed by atoms with E-state index in [-0.39, 0.29) is 11.1 Å². The van der Waals surface area contributed by atoms with E-state index in [0.29, 0.717) is 6.10 Å². The van der Waals surface area contributed by atoms with Crippen LogP contribution in [-0.2, 0) is 30.0 Å². The first-order valence-corrected chi connectivity index (χ1v) is 27.4. The maximum Gasteiger partial charge on any atom is 0.488 e. The molecule has 0 bridgehead atoms. The Labute approximate surface area is 234 Å². The van der Waals surface area contributed by atoms with Gasteiger partial charge in [-0.2, -0.15) is 0 Å². The average Bonchev–Trinajstić information content (AvgIpc) is 2.65. The molecule has 1 heterocycles. The average molecular weight is 614 g/mol. The zero-order valence-electron chi connectivity index (χ0n) is 26.9. The molecule has 1 rings (SSSR count). The summed E-state index contributed by atoms with van der Waals surface area (Å²) in [6, 6.07) is 1.05. The first-order chi connectivity index (χ1) is 16.4. The number of likely N-dealkylation sites (tertiary alicyclic amines) is 1. The van der Waals surface area contributed by atoms with Crippen molar-refractivity contribution in [3.8, 4) is 0 Å². The lowest BCUT2D eigenvalue weighted by molar-refractivity contribution is -0.0912. The van der Waals surface area contributed by atoms with Crippen molar-refractivity contribution in [3.63, 3.8) is 0 Å². The minimum absolute atomic E-state index is 0.145. The van der Waals surface area contributed by atoms with E-state index in [1.54, 1.807) is 14.2 Å². The minimum atomic E-state index is -2.70. The molecular weight excluding hydrogens is 555 g/mol. The van der Waals surface area contributed by atoms with Crippen LogP contribution in [0.4, 0.5) is 0 Å². The molecule has 1 saturated heterocycles. The molecule has 0 radical (unpaired) electrons. The number of nitrogens with zero attached hydrogens (tertiary/aromatic N) is 1. The Morgan fingerprint density at radius 1 is 0.676 bits per heavy atom. The van der Waals surface area contributed by atoms with Crippen LogP contribution in [-0.4, -0.2) is 92.8 Å². The van der Waals surface area contributed by atoms with Gasteiger partial charge in [0.1, 0.15) is 0 Å². The molecule has 0 unspecified atom stereocenters. The van der Waals surface area contributed by atoms with Gasteiger partial charge in [0.25, 0.3) is 0 Å². The number of piperidine rings is 1. The molecule has 0 spiro atoms. The Morgan fingerprint density at radius 2 is 1.08 bits per heavy atom. The van der Waals surface area contributed by atoms with Crippen molar-refractivity contribution in [2.75, 3.05) is 27.9 Å². The molecule has 1 fully saturated rings. The zero-order chi connectivity index (χ0) is 29.1. The number of hydrogen-bond donors (Lipinski definition) is 0. The van der Waals surface area contributed by atoms with Gasteiger partial charge < -0.3 is 30.0 Å². The summed E-state index contributed by atoms with van der Waals surface area (Å²) in [6.45, 7) is 29.0. The highest BCUT2D eigenvalue weighted by atomic mass is 28.5. The molecule has 0 aromatic heterocycles. The summed E-state index contributed by atoms with van der Waals surface area (Å²) in [5.41, 5.74) is 0.289. The molecule has 1 aliphatic rings. The predicted octanol–water partition coefficient (Wildman–Crippen LogP) is 6.28. The Bertz CT molecular complexity index is 712. The standard InChI is InChI=1S/C24H59NO7Si5/c1-23(2)20-22(21-24(3,4)25(23)5)28-18-17-19-33(8,9)29-34(10,11)30-35(12,13)31-36(14,15)32-37(16,26-6)27-7/h22H,17-21H2,1-16H3. The molecule has 13 heteroatoms. The van der Waals surface area contributed by atoms with Gasteiger partial charge in [-0.3, -0.25) is 4.90 Å². The maximum atomic E-state index is 6.77. The van der Waals surface area contributed by atoms with Crippen molar-refractivity contribution in [1.82, 2.24) is 4.90 Å². The van der Waals surface area contributed by atoms with Crippen LogP contribution in [0.3, 0.4) is 0 Å². The van der Waals surface area contributed by atoms with Crippen LogP contribution >= 0.6 is 0 Å². The molecule has 37 heavy (non-hydrogen) atoms. The molecule has 0 atom stereocenters. The van der Waals surface area contributed by atoms with Crippen LogP contribution in [0, 0.1) is 0 Å². The van der Waals surface area contributed by atoms with Crippen molar-refractivity contribution < 1.29 is 30.0 Å². The van der Waals surface area contributed by atoms with Gasteiger partial charge in [-0.05, 0) is 112 Å².